The third-order valence-corrected chi connectivity index (χ3v) is 5.64. The maximum Gasteiger partial charge on any atom is 0.292 e. The van der Waals surface area contributed by atoms with Crippen LogP contribution < -0.4 is 22.0 Å². The van der Waals surface area contributed by atoms with E-state index in [-0.39, 0.29) is 11.9 Å². The van der Waals surface area contributed by atoms with E-state index in [1.807, 2.05) is 48.2 Å². The van der Waals surface area contributed by atoms with Crippen molar-refractivity contribution in [3.63, 3.8) is 0 Å². The number of amides is 1. The number of pyridine rings is 1. The second kappa shape index (κ2) is 8.84. The Bertz CT molecular complexity index is 1290. The third kappa shape index (κ3) is 4.36. The van der Waals surface area contributed by atoms with E-state index in [9.17, 15) is 4.79 Å². The molecule has 1 amide bonds. The summed E-state index contributed by atoms with van der Waals surface area (Å²) in [5.41, 5.74) is 15.5. The molecule has 4 N–H and O–H groups in total. The molecule has 0 saturated carbocycles. The molecule has 0 spiro atoms. The molecule has 4 rings (SSSR count). The van der Waals surface area contributed by atoms with Crippen molar-refractivity contribution in [3.05, 3.63) is 52.7 Å². The van der Waals surface area contributed by atoms with Crippen LogP contribution in [0.1, 0.15) is 13.8 Å². The molecule has 32 heavy (non-hydrogen) atoms. The van der Waals surface area contributed by atoms with E-state index < -0.39 is 6.04 Å². The van der Waals surface area contributed by atoms with Crippen LogP contribution in [0.15, 0.2) is 46.5 Å². The van der Waals surface area contributed by atoms with Crippen LogP contribution in [-0.4, -0.2) is 57.9 Å². The van der Waals surface area contributed by atoms with Gasteiger partial charge in [-0.15, -0.1) is 0 Å². The lowest BCUT2D eigenvalue weighted by atomic mass is 10.1. The topological polar surface area (TPSA) is 115 Å². The number of nitrogens with two attached hydrogens (primary N) is 2. The largest absolute Gasteiger partial charge is 0.424 e. The van der Waals surface area contributed by atoms with Crippen molar-refractivity contribution in [2.45, 2.75) is 19.9 Å². The van der Waals surface area contributed by atoms with E-state index in [1.54, 1.807) is 6.92 Å². The van der Waals surface area contributed by atoms with E-state index in [2.05, 4.69) is 22.5 Å². The zero-order valence-electron chi connectivity index (χ0n) is 18.4. The Morgan fingerprint density at radius 3 is 2.56 bits per heavy atom. The molecule has 166 valence electrons. The van der Waals surface area contributed by atoms with Crippen LogP contribution in [0, 0.1) is 0 Å². The van der Waals surface area contributed by atoms with Crippen molar-refractivity contribution in [2.24, 2.45) is 5.73 Å². The molecule has 1 saturated heterocycles. The molecule has 0 radical (unpaired) electrons. The SMILES string of the molecule is C=c1ccc(-c2ccc3oc(N)nc3c2)nc1=CC(=CC)N1CCN(C(=O)C(C)N)CC1. The Kier molecular flexibility index (Phi) is 5.96. The summed E-state index contributed by atoms with van der Waals surface area (Å²) in [6, 6.07) is 9.27. The van der Waals surface area contributed by atoms with Gasteiger partial charge in [0.25, 0.3) is 6.01 Å². The van der Waals surface area contributed by atoms with Gasteiger partial charge in [0.05, 0.1) is 17.1 Å². The van der Waals surface area contributed by atoms with Crippen molar-refractivity contribution >= 4 is 35.7 Å². The molecule has 1 aliphatic heterocycles. The standard InChI is InChI=1S/C24H28N6O2/c1-4-18(29-9-11-30(12-10-29)23(31)16(3)25)14-20-15(2)5-7-19(27-20)17-6-8-22-21(13-17)28-24(26)32-22/h4-8,13-14,16H,2,9-12,25H2,1,3H3,(H2,26,28). The number of allylic oxidation sites excluding steroid dienone is 2. The molecule has 1 aliphatic rings. The lowest BCUT2D eigenvalue weighted by Gasteiger charge is -2.37. The second-order valence-corrected chi connectivity index (χ2v) is 7.93. The number of nitrogen functional groups attached to an aromatic ring is 1. The predicted octanol–water partition coefficient (Wildman–Crippen LogP) is 1.06. The zero-order valence-corrected chi connectivity index (χ0v) is 18.4. The predicted molar refractivity (Wildman–Crippen MR) is 126 cm³/mol. The van der Waals surface area contributed by atoms with Crippen LogP contribution >= 0.6 is 0 Å². The zero-order chi connectivity index (χ0) is 22.8. The van der Waals surface area contributed by atoms with Crippen molar-refractivity contribution < 1.29 is 9.21 Å². The highest BCUT2D eigenvalue weighted by molar-refractivity contribution is 5.81. The van der Waals surface area contributed by atoms with Crippen LogP contribution in [-0.2, 0) is 4.79 Å². The number of hydrogen-bond donors (Lipinski definition) is 2. The number of rotatable bonds is 4. The molecule has 1 atom stereocenters. The molecule has 1 aromatic carbocycles. The molecule has 8 nitrogen and oxygen atoms in total. The fourth-order valence-electron chi connectivity index (χ4n) is 3.86. The maximum atomic E-state index is 12.2. The van der Waals surface area contributed by atoms with Gasteiger partial charge in [-0.1, -0.05) is 18.7 Å². The summed E-state index contributed by atoms with van der Waals surface area (Å²) in [6.45, 7) is 10.7. The number of hydrogen-bond acceptors (Lipinski definition) is 7. The molecule has 0 bridgehead atoms. The Balaban J connectivity index is 1.60. The Morgan fingerprint density at radius 2 is 1.88 bits per heavy atom. The number of benzene rings is 1. The normalized spacial score (nSPS) is 16.6. The highest BCUT2D eigenvalue weighted by Crippen LogP contribution is 2.23. The quantitative estimate of drug-likeness (QED) is 0.633. The summed E-state index contributed by atoms with van der Waals surface area (Å²) in [6.07, 6.45) is 4.10. The van der Waals surface area contributed by atoms with Crippen molar-refractivity contribution in [2.75, 3.05) is 31.9 Å². The highest BCUT2D eigenvalue weighted by Gasteiger charge is 2.23. The van der Waals surface area contributed by atoms with Gasteiger partial charge in [-0.05, 0) is 49.4 Å². The minimum absolute atomic E-state index is 0.00379. The highest BCUT2D eigenvalue weighted by atomic mass is 16.4. The van der Waals surface area contributed by atoms with Crippen molar-refractivity contribution in [3.8, 4) is 11.3 Å². The Hall–Kier alpha value is -3.65. The van der Waals surface area contributed by atoms with Gasteiger partial charge >= 0.3 is 0 Å². The minimum Gasteiger partial charge on any atom is -0.424 e. The van der Waals surface area contributed by atoms with Crippen LogP contribution in [0.25, 0.3) is 35.0 Å². The van der Waals surface area contributed by atoms with Gasteiger partial charge in [0.2, 0.25) is 5.91 Å². The molecule has 8 heteroatoms. The number of carbonyl (C=O) groups excluding carboxylic acids is 1. The fourth-order valence-corrected chi connectivity index (χ4v) is 3.86. The maximum absolute atomic E-state index is 12.2. The van der Waals surface area contributed by atoms with Gasteiger partial charge in [0, 0.05) is 37.4 Å². The van der Waals surface area contributed by atoms with Gasteiger partial charge < -0.3 is 25.7 Å². The number of oxazole rings is 1. The lowest BCUT2D eigenvalue weighted by Crippen LogP contribution is -2.52. The number of piperazine rings is 1. The van der Waals surface area contributed by atoms with E-state index in [4.69, 9.17) is 20.9 Å². The number of fused-ring (bicyclic) bond motifs is 1. The first kappa shape index (κ1) is 21.6. The first-order valence-electron chi connectivity index (χ1n) is 10.7. The molecule has 3 heterocycles. The molecular weight excluding hydrogens is 404 g/mol. The van der Waals surface area contributed by atoms with Crippen LogP contribution in [0.4, 0.5) is 6.01 Å². The average molecular weight is 433 g/mol. The average Bonchev–Trinajstić information content (AvgIpc) is 3.17. The van der Waals surface area contributed by atoms with Gasteiger partial charge in [-0.25, -0.2) is 4.98 Å². The first-order valence-corrected chi connectivity index (χ1v) is 10.7. The molecule has 1 fully saturated rings. The summed E-state index contributed by atoms with van der Waals surface area (Å²) < 4.78 is 5.36. The lowest BCUT2D eigenvalue weighted by molar-refractivity contribution is -0.133. The van der Waals surface area contributed by atoms with Gasteiger partial charge in [-0.2, -0.15) is 4.98 Å². The molecule has 3 aromatic rings. The smallest absolute Gasteiger partial charge is 0.292 e. The Labute approximate surface area is 186 Å². The monoisotopic (exact) mass is 432 g/mol. The summed E-state index contributed by atoms with van der Waals surface area (Å²) in [7, 11) is 0. The minimum atomic E-state index is -0.470. The first-order chi connectivity index (χ1) is 15.4. The van der Waals surface area contributed by atoms with Gasteiger partial charge in [0.1, 0.15) is 5.52 Å². The van der Waals surface area contributed by atoms with E-state index in [0.717, 1.165) is 40.6 Å². The van der Waals surface area contributed by atoms with Crippen LogP contribution in [0.2, 0.25) is 0 Å². The van der Waals surface area contributed by atoms with Crippen molar-refractivity contribution in [1.29, 1.82) is 0 Å². The van der Waals surface area contributed by atoms with E-state index in [0.29, 0.717) is 24.2 Å². The van der Waals surface area contributed by atoms with Crippen LogP contribution in [0.3, 0.4) is 0 Å². The summed E-state index contributed by atoms with van der Waals surface area (Å²) >= 11 is 0. The third-order valence-electron chi connectivity index (χ3n) is 5.64. The van der Waals surface area contributed by atoms with E-state index >= 15 is 0 Å². The van der Waals surface area contributed by atoms with E-state index in [1.165, 1.54) is 0 Å². The number of aromatic nitrogens is 2. The van der Waals surface area contributed by atoms with Crippen molar-refractivity contribution in [1.82, 2.24) is 19.8 Å². The van der Waals surface area contributed by atoms with Gasteiger partial charge in [0.15, 0.2) is 5.58 Å². The van der Waals surface area contributed by atoms with Crippen LogP contribution in [0.5, 0.6) is 0 Å². The summed E-state index contributed by atoms with van der Waals surface area (Å²) in [5, 5.41) is 1.63. The number of carbonyl (C=O) groups is 1. The van der Waals surface area contributed by atoms with Gasteiger partial charge in [-0.3, -0.25) is 4.79 Å². The summed E-state index contributed by atoms with van der Waals surface area (Å²) in [5.74, 6) is -0.00379. The summed E-state index contributed by atoms with van der Waals surface area (Å²) in [4.78, 5) is 25.3. The number of nitrogens with zero attached hydrogens (tertiary/aromatic N) is 4. The fraction of sp³-hybridized carbons (Fsp3) is 0.292. The molecule has 1 unspecified atom stereocenters. The molecule has 2 aromatic heterocycles. The molecule has 0 aliphatic carbocycles. The molecular formula is C24H28N6O2. The Morgan fingerprint density at radius 1 is 1.16 bits per heavy atom. The number of anilines is 1. The second-order valence-electron chi connectivity index (χ2n) is 7.93.